The summed E-state index contributed by atoms with van der Waals surface area (Å²) in [5.41, 5.74) is 2.07. The van der Waals surface area contributed by atoms with Gasteiger partial charge in [-0.1, -0.05) is 65.8 Å². The second-order valence-corrected chi connectivity index (χ2v) is 7.78. The van der Waals surface area contributed by atoms with E-state index < -0.39 is 5.54 Å². The number of nitrogens with one attached hydrogen (secondary N) is 1. The molecule has 0 aliphatic rings. The van der Waals surface area contributed by atoms with E-state index in [1.807, 2.05) is 67.6 Å². The Kier molecular flexibility index (Phi) is 6.40. The molecule has 1 heterocycles. The topological polar surface area (TPSA) is 68.0 Å². The van der Waals surface area contributed by atoms with Crippen LogP contribution in [-0.4, -0.2) is 16.0 Å². The van der Waals surface area contributed by atoms with Crippen molar-refractivity contribution in [2.45, 2.75) is 31.7 Å². The maximum atomic E-state index is 13.1. The maximum Gasteiger partial charge on any atom is 0.226 e. The Morgan fingerprint density at radius 3 is 2.12 bits per heavy atom. The molecule has 162 valence electrons. The van der Waals surface area contributed by atoms with E-state index in [9.17, 15) is 9.18 Å². The fraction of sp³-hybridized carbons (Fsp3) is 0.192. The number of rotatable bonds is 8. The predicted octanol–water partition coefficient (Wildman–Crippen LogP) is 5.28. The summed E-state index contributed by atoms with van der Waals surface area (Å²) in [6.07, 6.45) is 1.37. The first-order chi connectivity index (χ1) is 15.5. The molecule has 0 bridgehead atoms. The predicted molar refractivity (Wildman–Crippen MR) is 120 cm³/mol. The minimum atomic E-state index is -0.639. The lowest BCUT2D eigenvalue weighted by atomic mass is 9.84. The summed E-state index contributed by atoms with van der Waals surface area (Å²) in [4.78, 5) is 17.2. The first-order valence-electron chi connectivity index (χ1n) is 10.6. The van der Waals surface area contributed by atoms with Gasteiger partial charge < -0.3 is 9.84 Å². The number of amides is 1. The van der Waals surface area contributed by atoms with Crippen LogP contribution in [0.2, 0.25) is 0 Å². The Hall–Kier alpha value is -3.80. The molecular formula is C26H24FN3O2. The summed E-state index contributed by atoms with van der Waals surface area (Å²) in [5.74, 6) is 0.483. The summed E-state index contributed by atoms with van der Waals surface area (Å²) in [7, 11) is 0. The van der Waals surface area contributed by atoms with Gasteiger partial charge in [0.15, 0.2) is 0 Å². The highest BCUT2D eigenvalue weighted by atomic mass is 19.1. The normalized spacial score (nSPS) is 11.3. The van der Waals surface area contributed by atoms with Crippen molar-refractivity contribution in [2.24, 2.45) is 0 Å². The summed E-state index contributed by atoms with van der Waals surface area (Å²) >= 11 is 0. The average Bonchev–Trinajstić information content (AvgIpc) is 3.29. The Labute approximate surface area is 186 Å². The summed E-state index contributed by atoms with van der Waals surface area (Å²) in [5, 5.41) is 7.15. The monoisotopic (exact) mass is 429 g/mol. The van der Waals surface area contributed by atoms with Gasteiger partial charge in [0.25, 0.3) is 0 Å². The standard InChI is InChI=1S/C26H24FN3O2/c1-26(20-9-4-2-5-10-20,21-11-6-3-7-12-21)29-23(31)13-8-14-24-28-25(30-32-24)19-15-17-22(27)18-16-19/h2-7,9-12,15-18H,8,13-14H2,1H3,(H,29,31). The van der Waals surface area contributed by atoms with E-state index in [4.69, 9.17) is 4.52 Å². The highest BCUT2D eigenvalue weighted by Gasteiger charge is 2.30. The van der Waals surface area contributed by atoms with E-state index in [1.54, 1.807) is 12.1 Å². The number of hydrogen-bond donors (Lipinski definition) is 1. The van der Waals surface area contributed by atoms with Crippen LogP contribution in [0.4, 0.5) is 4.39 Å². The molecule has 3 aromatic carbocycles. The molecular weight excluding hydrogens is 405 g/mol. The van der Waals surface area contributed by atoms with E-state index in [0.717, 1.165) is 11.1 Å². The first kappa shape index (κ1) is 21.4. The van der Waals surface area contributed by atoms with E-state index >= 15 is 0 Å². The molecule has 32 heavy (non-hydrogen) atoms. The van der Waals surface area contributed by atoms with Crippen molar-refractivity contribution in [2.75, 3.05) is 0 Å². The zero-order chi connectivity index (χ0) is 22.4. The lowest BCUT2D eigenvalue weighted by molar-refractivity contribution is -0.122. The molecule has 6 heteroatoms. The fourth-order valence-electron chi connectivity index (χ4n) is 3.67. The lowest BCUT2D eigenvalue weighted by Crippen LogP contribution is -2.44. The number of benzene rings is 3. The smallest absolute Gasteiger partial charge is 0.226 e. The van der Waals surface area contributed by atoms with Crippen LogP contribution >= 0.6 is 0 Å². The molecule has 4 rings (SSSR count). The third-order valence-electron chi connectivity index (χ3n) is 5.46. The molecule has 0 saturated carbocycles. The second-order valence-electron chi connectivity index (χ2n) is 7.78. The van der Waals surface area contributed by atoms with Gasteiger partial charge in [-0.05, 0) is 48.7 Å². The Balaban J connectivity index is 1.39. The van der Waals surface area contributed by atoms with Crippen molar-refractivity contribution in [3.05, 3.63) is 108 Å². The SMILES string of the molecule is CC(NC(=O)CCCc1nc(-c2ccc(F)cc2)no1)(c1ccccc1)c1ccccc1. The van der Waals surface area contributed by atoms with Gasteiger partial charge in [-0.2, -0.15) is 4.98 Å². The third-order valence-corrected chi connectivity index (χ3v) is 5.46. The summed E-state index contributed by atoms with van der Waals surface area (Å²) < 4.78 is 18.4. The number of carbonyl (C=O) groups excluding carboxylic acids is 1. The van der Waals surface area contributed by atoms with Crippen LogP contribution in [0.5, 0.6) is 0 Å². The van der Waals surface area contributed by atoms with Crippen molar-refractivity contribution in [1.82, 2.24) is 15.5 Å². The molecule has 5 nitrogen and oxygen atoms in total. The molecule has 0 radical (unpaired) electrons. The van der Waals surface area contributed by atoms with Crippen LogP contribution in [0, 0.1) is 5.82 Å². The van der Waals surface area contributed by atoms with Crippen molar-refractivity contribution in [1.29, 1.82) is 0 Å². The Bertz CT molecular complexity index is 1120. The summed E-state index contributed by atoms with van der Waals surface area (Å²) in [6, 6.07) is 25.8. The quantitative estimate of drug-likeness (QED) is 0.414. The largest absolute Gasteiger partial charge is 0.343 e. The number of carbonyl (C=O) groups is 1. The zero-order valence-electron chi connectivity index (χ0n) is 17.8. The Morgan fingerprint density at radius 2 is 1.53 bits per heavy atom. The van der Waals surface area contributed by atoms with Crippen molar-refractivity contribution in [3.8, 4) is 11.4 Å². The fourth-order valence-corrected chi connectivity index (χ4v) is 3.67. The van der Waals surface area contributed by atoms with E-state index in [-0.39, 0.29) is 11.7 Å². The molecule has 0 aliphatic carbocycles. The number of halogens is 1. The number of hydrogen-bond acceptors (Lipinski definition) is 4. The van der Waals surface area contributed by atoms with Crippen molar-refractivity contribution in [3.63, 3.8) is 0 Å². The van der Waals surface area contributed by atoms with Crippen LogP contribution in [0.25, 0.3) is 11.4 Å². The van der Waals surface area contributed by atoms with E-state index in [1.165, 1.54) is 12.1 Å². The molecule has 1 N–H and O–H groups in total. The van der Waals surface area contributed by atoms with Crippen LogP contribution in [0.3, 0.4) is 0 Å². The van der Waals surface area contributed by atoms with E-state index in [2.05, 4.69) is 15.5 Å². The minimum Gasteiger partial charge on any atom is -0.343 e. The van der Waals surface area contributed by atoms with Crippen LogP contribution in [0.1, 0.15) is 36.8 Å². The van der Waals surface area contributed by atoms with Crippen LogP contribution in [-0.2, 0) is 16.8 Å². The summed E-state index contributed by atoms with van der Waals surface area (Å²) in [6.45, 7) is 2.02. The van der Waals surface area contributed by atoms with E-state index in [0.29, 0.717) is 36.5 Å². The van der Waals surface area contributed by atoms with Gasteiger partial charge >= 0.3 is 0 Å². The van der Waals surface area contributed by atoms with Gasteiger partial charge in [0.2, 0.25) is 17.6 Å². The van der Waals surface area contributed by atoms with Gasteiger partial charge in [0, 0.05) is 18.4 Å². The molecule has 0 fully saturated rings. The van der Waals surface area contributed by atoms with Crippen LogP contribution < -0.4 is 5.32 Å². The molecule has 0 aliphatic heterocycles. The first-order valence-corrected chi connectivity index (χ1v) is 10.6. The molecule has 0 saturated heterocycles. The number of aromatic nitrogens is 2. The maximum absolute atomic E-state index is 13.1. The van der Waals surface area contributed by atoms with Crippen molar-refractivity contribution >= 4 is 5.91 Å². The lowest BCUT2D eigenvalue weighted by Gasteiger charge is -2.32. The average molecular weight is 429 g/mol. The molecule has 1 amide bonds. The second kappa shape index (κ2) is 9.56. The number of aryl methyl sites for hydroxylation is 1. The Morgan fingerprint density at radius 1 is 0.938 bits per heavy atom. The molecule has 0 atom stereocenters. The number of nitrogens with zero attached hydrogens (tertiary/aromatic N) is 2. The van der Waals surface area contributed by atoms with Gasteiger partial charge in [-0.15, -0.1) is 0 Å². The van der Waals surface area contributed by atoms with Gasteiger partial charge in [-0.25, -0.2) is 4.39 Å². The molecule has 0 spiro atoms. The van der Waals surface area contributed by atoms with Crippen LogP contribution in [0.15, 0.2) is 89.5 Å². The van der Waals surface area contributed by atoms with Gasteiger partial charge in [-0.3, -0.25) is 4.79 Å². The highest BCUT2D eigenvalue weighted by Crippen LogP contribution is 2.29. The highest BCUT2D eigenvalue weighted by molar-refractivity contribution is 5.77. The molecule has 4 aromatic rings. The zero-order valence-corrected chi connectivity index (χ0v) is 17.8. The molecule has 1 aromatic heterocycles. The van der Waals surface area contributed by atoms with Crippen molar-refractivity contribution < 1.29 is 13.7 Å². The minimum absolute atomic E-state index is 0.0570. The third kappa shape index (κ3) is 4.91. The molecule has 0 unspecified atom stereocenters. The van der Waals surface area contributed by atoms with Gasteiger partial charge in [0.1, 0.15) is 5.82 Å². The van der Waals surface area contributed by atoms with Gasteiger partial charge in [0.05, 0.1) is 5.54 Å².